The highest BCUT2D eigenvalue weighted by Crippen LogP contribution is 2.09. The lowest BCUT2D eigenvalue weighted by molar-refractivity contribution is -0.672. The van der Waals surface area contributed by atoms with Crippen LogP contribution < -0.4 is 14.9 Å². The topological polar surface area (TPSA) is 78.8 Å². The third kappa shape index (κ3) is 2.13. The fourth-order valence-electron chi connectivity index (χ4n) is 1.55. The second kappa shape index (κ2) is 4.64. The van der Waals surface area contributed by atoms with Crippen molar-refractivity contribution in [2.45, 2.75) is 26.8 Å². The Bertz CT molecular complexity index is 571. The van der Waals surface area contributed by atoms with E-state index in [1.54, 1.807) is 24.3 Å². The number of aromatic nitrogens is 3. The van der Waals surface area contributed by atoms with Crippen molar-refractivity contribution in [2.24, 2.45) is 5.92 Å². The molecule has 1 N–H and O–H groups in total. The van der Waals surface area contributed by atoms with E-state index in [-0.39, 0.29) is 17.5 Å². The molecule has 0 saturated heterocycles. The van der Waals surface area contributed by atoms with Gasteiger partial charge in [0.15, 0.2) is 5.52 Å². The molecule has 0 aliphatic heterocycles. The van der Waals surface area contributed by atoms with E-state index in [1.165, 1.54) is 0 Å². The standard InChI is InChI=1S/C12H16N4O2/c1-8(2)9(3)13-12-14-16(18)11-7-5-4-6-10(11)15(12)17/h4-9H,1-3H3,(H,13,14). The second-order valence-corrected chi connectivity index (χ2v) is 4.66. The molecule has 1 heterocycles. The van der Waals surface area contributed by atoms with Crippen LogP contribution in [0.1, 0.15) is 20.8 Å². The predicted octanol–water partition coefficient (Wildman–Crippen LogP) is 0.958. The van der Waals surface area contributed by atoms with Crippen LogP contribution in [0.4, 0.5) is 5.95 Å². The van der Waals surface area contributed by atoms with Crippen molar-refractivity contribution in [1.29, 1.82) is 0 Å². The van der Waals surface area contributed by atoms with E-state index in [2.05, 4.69) is 10.4 Å². The maximum absolute atomic E-state index is 12.1. The predicted molar refractivity (Wildman–Crippen MR) is 67.6 cm³/mol. The van der Waals surface area contributed by atoms with Crippen LogP contribution in [0.3, 0.4) is 0 Å². The lowest BCUT2D eigenvalue weighted by Gasteiger charge is -2.15. The van der Waals surface area contributed by atoms with Crippen molar-refractivity contribution < 1.29 is 9.58 Å². The van der Waals surface area contributed by atoms with Crippen molar-refractivity contribution in [1.82, 2.24) is 5.10 Å². The van der Waals surface area contributed by atoms with Crippen molar-refractivity contribution >= 4 is 17.0 Å². The molecule has 0 aliphatic carbocycles. The molecule has 1 aromatic heterocycles. The molecule has 0 amide bonds. The van der Waals surface area contributed by atoms with Crippen LogP contribution in [0.25, 0.3) is 11.0 Å². The summed E-state index contributed by atoms with van der Waals surface area (Å²) in [6.07, 6.45) is 0. The summed E-state index contributed by atoms with van der Waals surface area (Å²) in [5.74, 6) is 0.364. The monoisotopic (exact) mass is 248 g/mol. The number of para-hydroxylation sites is 2. The lowest BCUT2D eigenvalue weighted by Crippen LogP contribution is -2.45. The highest BCUT2D eigenvalue weighted by atomic mass is 16.5. The molecular formula is C12H16N4O2. The van der Waals surface area contributed by atoms with Crippen LogP contribution in [0.5, 0.6) is 0 Å². The Labute approximate surface area is 105 Å². The summed E-state index contributed by atoms with van der Waals surface area (Å²) in [6, 6.07) is 6.64. The van der Waals surface area contributed by atoms with Gasteiger partial charge in [0.25, 0.3) is 5.52 Å². The number of nitrogens with one attached hydrogen (secondary N) is 1. The number of nitrogens with zero attached hydrogens (tertiary/aromatic N) is 3. The summed E-state index contributed by atoms with van der Waals surface area (Å²) >= 11 is 0. The van der Waals surface area contributed by atoms with Gasteiger partial charge in [0, 0.05) is 10.9 Å². The van der Waals surface area contributed by atoms with Gasteiger partial charge in [0.2, 0.25) is 5.10 Å². The zero-order valence-electron chi connectivity index (χ0n) is 10.6. The van der Waals surface area contributed by atoms with Gasteiger partial charge < -0.3 is 10.4 Å². The first-order chi connectivity index (χ1) is 8.50. The zero-order valence-corrected chi connectivity index (χ0v) is 10.6. The number of benzene rings is 1. The molecule has 0 bridgehead atoms. The third-order valence-electron chi connectivity index (χ3n) is 3.04. The molecule has 2 rings (SSSR count). The van der Waals surface area contributed by atoms with E-state index in [0.717, 1.165) is 0 Å². The van der Waals surface area contributed by atoms with Crippen LogP contribution >= 0.6 is 0 Å². The smallest absolute Gasteiger partial charge is 0.461 e. The molecule has 2 aromatic rings. The largest absolute Gasteiger partial charge is 0.739 e. The fraction of sp³-hybridized carbons (Fsp3) is 0.417. The number of anilines is 1. The first-order valence-electron chi connectivity index (χ1n) is 5.89. The van der Waals surface area contributed by atoms with Gasteiger partial charge in [-0.05, 0) is 18.9 Å². The summed E-state index contributed by atoms with van der Waals surface area (Å²) < 4.78 is 0.655. The third-order valence-corrected chi connectivity index (χ3v) is 3.04. The van der Waals surface area contributed by atoms with Crippen molar-refractivity contribution in [3.8, 4) is 0 Å². The van der Waals surface area contributed by atoms with Gasteiger partial charge in [0.1, 0.15) is 0 Å². The number of rotatable bonds is 3. The minimum Gasteiger partial charge on any atom is -0.739 e. The van der Waals surface area contributed by atoms with Crippen molar-refractivity contribution in [3.05, 3.63) is 34.7 Å². The normalized spacial score (nSPS) is 12.9. The Morgan fingerprint density at radius 2 is 1.72 bits per heavy atom. The molecule has 96 valence electrons. The molecule has 0 fully saturated rings. The van der Waals surface area contributed by atoms with Crippen LogP contribution in [-0.2, 0) is 0 Å². The van der Waals surface area contributed by atoms with E-state index < -0.39 is 0 Å². The lowest BCUT2D eigenvalue weighted by atomic mass is 10.1. The zero-order chi connectivity index (χ0) is 13.3. The van der Waals surface area contributed by atoms with E-state index >= 15 is 0 Å². The second-order valence-electron chi connectivity index (χ2n) is 4.66. The van der Waals surface area contributed by atoms with Crippen LogP contribution in [0.15, 0.2) is 24.3 Å². The molecule has 0 spiro atoms. The molecule has 6 nitrogen and oxygen atoms in total. The first kappa shape index (κ1) is 12.3. The average Bonchev–Trinajstić information content (AvgIpc) is 2.35. The molecule has 0 saturated carbocycles. The van der Waals surface area contributed by atoms with Gasteiger partial charge in [-0.25, -0.2) is 4.73 Å². The van der Waals surface area contributed by atoms with Gasteiger partial charge in [-0.15, -0.1) is 0 Å². The molecule has 18 heavy (non-hydrogen) atoms. The average molecular weight is 248 g/mol. The molecule has 0 aliphatic rings. The summed E-state index contributed by atoms with van der Waals surface area (Å²) in [5.41, 5.74) is 0.566. The Morgan fingerprint density at radius 3 is 2.33 bits per heavy atom. The van der Waals surface area contributed by atoms with Gasteiger partial charge in [-0.2, -0.15) is 0 Å². The Balaban J connectivity index is 2.49. The van der Waals surface area contributed by atoms with Gasteiger partial charge in [0.05, 0.1) is 6.04 Å². The molecule has 0 radical (unpaired) electrons. The molecule has 1 aromatic carbocycles. The fourth-order valence-corrected chi connectivity index (χ4v) is 1.55. The van der Waals surface area contributed by atoms with Crippen LogP contribution in [0, 0.1) is 16.3 Å². The maximum atomic E-state index is 12.1. The molecule has 1 unspecified atom stereocenters. The summed E-state index contributed by atoms with van der Waals surface area (Å²) in [4.78, 5) is 0.471. The Kier molecular flexibility index (Phi) is 3.18. The highest BCUT2D eigenvalue weighted by Gasteiger charge is 2.22. The summed E-state index contributed by atoms with van der Waals surface area (Å²) in [7, 11) is 0. The van der Waals surface area contributed by atoms with Gasteiger partial charge >= 0.3 is 5.95 Å². The molecule has 6 heteroatoms. The van der Waals surface area contributed by atoms with E-state index in [9.17, 15) is 10.4 Å². The quantitative estimate of drug-likeness (QED) is 0.648. The highest BCUT2D eigenvalue weighted by molar-refractivity contribution is 5.67. The Morgan fingerprint density at radius 1 is 1.11 bits per heavy atom. The number of hydrogen-bond donors (Lipinski definition) is 1. The van der Waals surface area contributed by atoms with Gasteiger partial charge in [-0.3, -0.25) is 5.32 Å². The molecule has 1 atom stereocenters. The summed E-state index contributed by atoms with van der Waals surface area (Å²) in [6.45, 7) is 5.99. The van der Waals surface area contributed by atoms with Gasteiger partial charge in [-0.1, -0.05) is 26.0 Å². The number of hydrogen-bond acceptors (Lipinski definition) is 4. The number of fused-ring (bicyclic) bond motifs is 1. The van der Waals surface area contributed by atoms with Crippen LogP contribution in [0.2, 0.25) is 0 Å². The van der Waals surface area contributed by atoms with Crippen LogP contribution in [-0.4, -0.2) is 11.1 Å². The van der Waals surface area contributed by atoms with Crippen molar-refractivity contribution in [2.75, 3.05) is 5.32 Å². The minimum absolute atomic E-state index is 0.0323. The Hall–Kier alpha value is -2.11. The van der Waals surface area contributed by atoms with E-state index in [4.69, 9.17) is 0 Å². The first-order valence-corrected chi connectivity index (χ1v) is 5.89. The van der Waals surface area contributed by atoms with E-state index in [1.807, 2.05) is 20.8 Å². The van der Waals surface area contributed by atoms with E-state index in [0.29, 0.717) is 21.0 Å². The SMILES string of the molecule is CC(C)C(C)Nc1n[n+]([O-])c2ccccc2[n+]1[O-]. The van der Waals surface area contributed by atoms with Crippen molar-refractivity contribution in [3.63, 3.8) is 0 Å². The summed E-state index contributed by atoms with van der Waals surface area (Å²) in [5, 5.41) is 30.5. The minimum atomic E-state index is 0.0323. The maximum Gasteiger partial charge on any atom is 0.461 e. The molecular weight excluding hydrogens is 232 g/mol.